The highest BCUT2D eigenvalue weighted by molar-refractivity contribution is 8.00. The third-order valence-corrected chi connectivity index (χ3v) is 4.29. The van der Waals surface area contributed by atoms with Crippen molar-refractivity contribution < 1.29 is 14.6 Å². The van der Waals surface area contributed by atoms with E-state index < -0.39 is 5.97 Å². The first-order chi connectivity index (χ1) is 9.56. The number of hydrogen-bond donors (Lipinski definition) is 1. The van der Waals surface area contributed by atoms with Gasteiger partial charge >= 0.3 is 5.97 Å². The smallest absolute Gasteiger partial charge is 0.313 e. The van der Waals surface area contributed by atoms with E-state index >= 15 is 0 Å². The van der Waals surface area contributed by atoms with Crippen molar-refractivity contribution in [3.05, 3.63) is 29.5 Å². The van der Waals surface area contributed by atoms with Crippen LogP contribution in [0.3, 0.4) is 0 Å². The second-order valence-corrected chi connectivity index (χ2v) is 5.41. The van der Waals surface area contributed by atoms with Crippen LogP contribution in [0.15, 0.2) is 23.1 Å². The van der Waals surface area contributed by atoms with Gasteiger partial charge < -0.3 is 9.84 Å². The van der Waals surface area contributed by atoms with Crippen LogP contribution in [-0.4, -0.2) is 28.9 Å². The number of aryl methyl sites for hydroxylation is 1. The van der Waals surface area contributed by atoms with Crippen LogP contribution in [0.25, 0.3) is 10.9 Å². The summed E-state index contributed by atoms with van der Waals surface area (Å²) in [6.45, 7) is 4.02. The minimum absolute atomic E-state index is 0.0444. The number of ether oxygens (including phenoxy) is 1. The summed E-state index contributed by atoms with van der Waals surface area (Å²) in [5.74, 6) is -0.0205. The van der Waals surface area contributed by atoms with Crippen LogP contribution in [0, 0.1) is 6.92 Å². The van der Waals surface area contributed by atoms with E-state index in [1.54, 1.807) is 7.11 Å². The van der Waals surface area contributed by atoms with Crippen molar-refractivity contribution >= 4 is 28.6 Å². The Morgan fingerprint density at radius 3 is 2.80 bits per heavy atom. The summed E-state index contributed by atoms with van der Waals surface area (Å²) >= 11 is 1.35. The molecule has 0 aliphatic heterocycles. The van der Waals surface area contributed by atoms with Gasteiger partial charge in [-0.1, -0.05) is 6.92 Å². The Hall–Kier alpha value is -1.75. The van der Waals surface area contributed by atoms with Gasteiger partial charge in [-0.2, -0.15) is 0 Å². The highest BCUT2D eigenvalue weighted by atomic mass is 32.2. The van der Waals surface area contributed by atoms with E-state index in [2.05, 4.69) is 11.9 Å². The molecule has 1 aromatic heterocycles. The lowest BCUT2D eigenvalue weighted by molar-refractivity contribution is -0.133. The number of rotatable bonds is 5. The maximum absolute atomic E-state index is 10.9. The number of nitrogens with zero attached hydrogens (tertiary/aromatic N) is 1. The number of benzene rings is 1. The van der Waals surface area contributed by atoms with Gasteiger partial charge in [0, 0.05) is 16.0 Å². The Kier molecular flexibility index (Phi) is 4.49. The van der Waals surface area contributed by atoms with Crippen molar-refractivity contribution in [3.63, 3.8) is 0 Å². The van der Waals surface area contributed by atoms with E-state index in [9.17, 15) is 4.79 Å². The third-order valence-electron chi connectivity index (χ3n) is 3.14. The molecule has 0 radical (unpaired) electrons. The van der Waals surface area contributed by atoms with Crippen molar-refractivity contribution in [2.24, 2.45) is 0 Å². The number of aliphatic carboxylic acids is 1. The normalized spacial score (nSPS) is 10.8. The molecular weight excluding hydrogens is 274 g/mol. The molecule has 0 aliphatic rings. The van der Waals surface area contributed by atoms with Gasteiger partial charge in [0.05, 0.1) is 18.4 Å². The number of thioether (sulfide) groups is 1. The van der Waals surface area contributed by atoms with E-state index in [0.29, 0.717) is 0 Å². The Labute approximate surface area is 122 Å². The standard InChI is InChI=1S/C15H17NO3S/c1-4-11-9(2)16-13-6-5-10(19-3)7-12(13)15(11)20-8-14(17)18/h5-7H,4,8H2,1-3H3,(H,17,18). The Bertz CT molecular complexity index is 655. The topological polar surface area (TPSA) is 59.4 Å². The predicted octanol–water partition coefficient (Wildman–Crippen LogP) is 3.29. The number of aromatic nitrogens is 1. The van der Waals surface area contributed by atoms with E-state index in [-0.39, 0.29) is 5.75 Å². The van der Waals surface area contributed by atoms with Crippen LogP contribution in [-0.2, 0) is 11.2 Å². The molecule has 0 bridgehead atoms. The van der Waals surface area contributed by atoms with Crippen LogP contribution in [0.1, 0.15) is 18.2 Å². The van der Waals surface area contributed by atoms with Crippen LogP contribution < -0.4 is 4.74 Å². The minimum atomic E-state index is -0.817. The number of methoxy groups -OCH3 is 1. The molecule has 0 spiro atoms. The Morgan fingerprint density at radius 2 is 2.20 bits per heavy atom. The molecule has 0 fully saturated rings. The van der Waals surface area contributed by atoms with Crippen LogP contribution in [0.5, 0.6) is 5.75 Å². The highest BCUT2D eigenvalue weighted by Crippen LogP contribution is 2.34. The van der Waals surface area contributed by atoms with E-state index in [1.807, 2.05) is 25.1 Å². The molecule has 0 atom stereocenters. The zero-order valence-electron chi connectivity index (χ0n) is 11.8. The summed E-state index contributed by atoms with van der Waals surface area (Å²) in [4.78, 5) is 16.4. The lowest BCUT2D eigenvalue weighted by atomic mass is 10.1. The van der Waals surface area contributed by atoms with Gasteiger partial charge in [0.2, 0.25) is 0 Å². The van der Waals surface area contributed by atoms with Crippen molar-refractivity contribution in [2.75, 3.05) is 12.9 Å². The average Bonchev–Trinajstić information content (AvgIpc) is 2.43. The zero-order chi connectivity index (χ0) is 14.7. The number of carboxylic acid groups (broad SMARTS) is 1. The van der Waals surface area contributed by atoms with Crippen molar-refractivity contribution in [3.8, 4) is 5.75 Å². The number of pyridine rings is 1. The van der Waals surface area contributed by atoms with E-state index in [0.717, 1.165) is 39.2 Å². The quantitative estimate of drug-likeness (QED) is 0.857. The van der Waals surface area contributed by atoms with Crippen molar-refractivity contribution in [2.45, 2.75) is 25.2 Å². The fourth-order valence-corrected chi connectivity index (χ4v) is 3.26. The molecule has 106 valence electrons. The molecule has 0 unspecified atom stereocenters. The summed E-state index contributed by atoms with van der Waals surface area (Å²) in [6, 6.07) is 5.70. The number of hydrogen-bond acceptors (Lipinski definition) is 4. The molecular formula is C15H17NO3S. The predicted molar refractivity (Wildman–Crippen MR) is 80.8 cm³/mol. The summed E-state index contributed by atoms with van der Waals surface area (Å²) < 4.78 is 5.25. The highest BCUT2D eigenvalue weighted by Gasteiger charge is 2.14. The third kappa shape index (κ3) is 2.88. The molecule has 2 rings (SSSR count). The van der Waals surface area contributed by atoms with Gasteiger partial charge in [0.1, 0.15) is 5.75 Å². The van der Waals surface area contributed by atoms with Gasteiger partial charge in [-0.05, 0) is 37.1 Å². The molecule has 0 amide bonds. The molecule has 0 saturated carbocycles. The van der Waals surface area contributed by atoms with Gasteiger partial charge in [-0.25, -0.2) is 0 Å². The first-order valence-corrected chi connectivity index (χ1v) is 7.37. The maximum atomic E-state index is 10.9. The van der Waals surface area contributed by atoms with E-state index in [4.69, 9.17) is 9.84 Å². The first kappa shape index (κ1) is 14.7. The number of fused-ring (bicyclic) bond motifs is 1. The minimum Gasteiger partial charge on any atom is -0.497 e. The molecule has 4 nitrogen and oxygen atoms in total. The zero-order valence-corrected chi connectivity index (χ0v) is 12.6. The molecule has 0 aliphatic carbocycles. The van der Waals surface area contributed by atoms with Gasteiger partial charge in [-0.3, -0.25) is 9.78 Å². The lowest BCUT2D eigenvalue weighted by Gasteiger charge is -2.14. The molecule has 0 saturated heterocycles. The average molecular weight is 291 g/mol. The van der Waals surface area contributed by atoms with Gasteiger partial charge in [0.15, 0.2) is 0 Å². The maximum Gasteiger partial charge on any atom is 0.313 e. The van der Waals surface area contributed by atoms with Crippen LogP contribution in [0.2, 0.25) is 0 Å². The molecule has 1 aromatic carbocycles. The molecule has 1 heterocycles. The number of carboxylic acids is 1. The molecule has 2 aromatic rings. The SMILES string of the molecule is CCc1c(C)nc2ccc(OC)cc2c1SCC(=O)O. The fourth-order valence-electron chi connectivity index (χ4n) is 2.21. The monoisotopic (exact) mass is 291 g/mol. The fraction of sp³-hybridized carbons (Fsp3) is 0.333. The Balaban J connectivity index is 2.65. The van der Waals surface area contributed by atoms with Crippen LogP contribution in [0.4, 0.5) is 0 Å². The Morgan fingerprint density at radius 1 is 1.45 bits per heavy atom. The summed E-state index contributed by atoms with van der Waals surface area (Å²) in [7, 11) is 1.62. The summed E-state index contributed by atoms with van der Waals surface area (Å²) in [5.41, 5.74) is 2.93. The lowest BCUT2D eigenvalue weighted by Crippen LogP contribution is -2.02. The van der Waals surface area contributed by atoms with E-state index in [1.165, 1.54) is 11.8 Å². The second-order valence-electron chi connectivity index (χ2n) is 4.42. The van der Waals surface area contributed by atoms with Crippen molar-refractivity contribution in [1.29, 1.82) is 0 Å². The summed E-state index contributed by atoms with van der Waals surface area (Å²) in [6.07, 6.45) is 0.827. The second kappa shape index (κ2) is 6.13. The molecule has 1 N–H and O–H groups in total. The van der Waals surface area contributed by atoms with Gasteiger partial charge in [0.25, 0.3) is 0 Å². The number of carbonyl (C=O) groups is 1. The first-order valence-electron chi connectivity index (χ1n) is 6.38. The van der Waals surface area contributed by atoms with Crippen LogP contribution >= 0.6 is 11.8 Å². The summed E-state index contributed by atoms with van der Waals surface area (Å²) in [5, 5.41) is 9.88. The molecule has 5 heteroatoms. The largest absolute Gasteiger partial charge is 0.497 e. The van der Waals surface area contributed by atoms with Crippen molar-refractivity contribution in [1.82, 2.24) is 4.98 Å². The van der Waals surface area contributed by atoms with Gasteiger partial charge in [-0.15, -0.1) is 11.8 Å². The molecule has 20 heavy (non-hydrogen) atoms.